The van der Waals surface area contributed by atoms with Crippen molar-refractivity contribution in [2.24, 2.45) is 0 Å². The quantitative estimate of drug-likeness (QED) is 0.606. The highest BCUT2D eigenvalue weighted by Crippen LogP contribution is 2.31. The van der Waals surface area contributed by atoms with Crippen LogP contribution < -0.4 is 15.4 Å². The second-order valence-electron chi connectivity index (χ2n) is 5.51. The van der Waals surface area contributed by atoms with Crippen LogP contribution in [0.5, 0.6) is 5.75 Å². The van der Waals surface area contributed by atoms with Crippen molar-refractivity contribution in [3.05, 3.63) is 51.0 Å². The van der Waals surface area contributed by atoms with Crippen molar-refractivity contribution in [2.45, 2.75) is 6.92 Å². The predicted molar refractivity (Wildman–Crippen MR) is 114 cm³/mol. The van der Waals surface area contributed by atoms with Gasteiger partial charge in [-0.05, 0) is 36.8 Å². The molecule has 9 heteroatoms. The highest BCUT2D eigenvalue weighted by atomic mass is 35.5. The number of thioether (sulfide) groups is 1. The van der Waals surface area contributed by atoms with E-state index in [1.807, 2.05) is 6.92 Å². The summed E-state index contributed by atoms with van der Waals surface area (Å²) < 4.78 is 5.22. The number of anilines is 2. The lowest BCUT2D eigenvalue weighted by Crippen LogP contribution is -2.19. The Labute approximate surface area is 176 Å². The highest BCUT2D eigenvalue weighted by Gasteiger charge is 2.12. The number of nitrogens with one attached hydrogen (secondary N) is 2. The normalized spacial score (nSPS) is 10.4. The summed E-state index contributed by atoms with van der Waals surface area (Å²) in [6, 6.07) is 8.17. The van der Waals surface area contributed by atoms with Crippen LogP contribution in [0.25, 0.3) is 0 Å². The molecule has 0 saturated carbocycles. The molecule has 2 amide bonds. The molecule has 0 bridgehead atoms. The second-order valence-corrected chi connectivity index (χ2v) is 7.75. The number of rotatable bonds is 7. The lowest BCUT2D eigenvalue weighted by atomic mass is 10.2. The van der Waals surface area contributed by atoms with Crippen LogP contribution >= 0.6 is 46.6 Å². The summed E-state index contributed by atoms with van der Waals surface area (Å²) in [6.45, 7) is 1.83. The van der Waals surface area contributed by atoms with Crippen LogP contribution in [0.4, 0.5) is 11.4 Å². The van der Waals surface area contributed by atoms with E-state index in [0.29, 0.717) is 32.2 Å². The molecule has 0 heterocycles. The Balaban J connectivity index is 1.84. The summed E-state index contributed by atoms with van der Waals surface area (Å²) in [5.41, 5.74) is 1.82. The van der Waals surface area contributed by atoms with Crippen molar-refractivity contribution in [3.63, 3.8) is 0 Å². The van der Waals surface area contributed by atoms with Crippen LogP contribution in [0.1, 0.15) is 5.56 Å². The molecule has 2 aromatic rings. The van der Waals surface area contributed by atoms with E-state index < -0.39 is 0 Å². The Morgan fingerprint density at radius 3 is 2.19 bits per heavy atom. The van der Waals surface area contributed by atoms with Crippen LogP contribution in [0.2, 0.25) is 15.1 Å². The van der Waals surface area contributed by atoms with Gasteiger partial charge in [0.2, 0.25) is 11.8 Å². The summed E-state index contributed by atoms with van der Waals surface area (Å²) in [5, 5.41) is 6.82. The molecular formula is C18H17Cl3N2O3S. The molecule has 5 nitrogen and oxygen atoms in total. The maximum absolute atomic E-state index is 12.1. The largest absolute Gasteiger partial charge is 0.495 e. The van der Waals surface area contributed by atoms with Crippen molar-refractivity contribution in [2.75, 3.05) is 29.2 Å². The number of carbonyl (C=O) groups excluding carboxylic acids is 2. The van der Waals surface area contributed by atoms with Crippen LogP contribution in [0, 0.1) is 6.92 Å². The fourth-order valence-electron chi connectivity index (χ4n) is 2.13. The van der Waals surface area contributed by atoms with Crippen molar-refractivity contribution >= 4 is 69.8 Å². The Morgan fingerprint density at radius 2 is 1.59 bits per heavy atom. The van der Waals surface area contributed by atoms with E-state index in [1.165, 1.54) is 18.9 Å². The minimum atomic E-state index is -0.267. The van der Waals surface area contributed by atoms with Crippen LogP contribution in [-0.2, 0) is 9.59 Å². The number of methoxy groups -OCH3 is 1. The third-order valence-corrected chi connectivity index (χ3v) is 5.31. The summed E-state index contributed by atoms with van der Waals surface area (Å²) in [5.74, 6) is 0.156. The molecule has 0 aliphatic carbocycles. The van der Waals surface area contributed by atoms with Crippen LogP contribution in [0.3, 0.4) is 0 Å². The summed E-state index contributed by atoms with van der Waals surface area (Å²) in [4.78, 5) is 24.1. The number of hydrogen-bond donors (Lipinski definition) is 2. The van der Waals surface area contributed by atoms with E-state index in [-0.39, 0.29) is 23.3 Å². The summed E-state index contributed by atoms with van der Waals surface area (Å²) >= 11 is 19.1. The number of hydrogen-bond acceptors (Lipinski definition) is 4. The fraction of sp³-hybridized carbons (Fsp3) is 0.222. The lowest BCUT2D eigenvalue weighted by Gasteiger charge is -2.12. The zero-order valence-corrected chi connectivity index (χ0v) is 17.7. The molecule has 0 radical (unpaired) electrons. The molecule has 0 spiro atoms. The molecule has 2 N–H and O–H groups in total. The van der Waals surface area contributed by atoms with E-state index in [0.717, 1.165) is 5.56 Å². The van der Waals surface area contributed by atoms with Gasteiger partial charge in [-0.15, -0.1) is 11.8 Å². The molecule has 0 aromatic heterocycles. The number of carbonyl (C=O) groups is 2. The predicted octanol–water partition coefficient (Wildman–Crippen LogP) is 5.27. The van der Waals surface area contributed by atoms with Crippen molar-refractivity contribution in [3.8, 4) is 5.75 Å². The first-order valence-corrected chi connectivity index (χ1v) is 10.1. The topological polar surface area (TPSA) is 67.4 Å². The molecule has 0 aliphatic rings. The molecule has 2 aromatic carbocycles. The number of amides is 2. The molecule has 144 valence electrons. The third-order valence-electron chi connectivity index (χ3n) is 3.43. The number of aryl methyl sites for hydroxylation is 1. The Bertz CT molecular complexity index is 862. The highest BCUT2D eigenvalue weighted by molar-refractivity contribution is 8.00. The molecular weight excluding hydrogens is 431 g/mol. The maximum atomic E-state index is 12.1. The van der Waals surface area contributed by atoms with Gasteiger partial charge in [0.1, 0.15) is 5.75 Å². The van der Waals surface area contributed by atoms with E-state index in [9.17, 15) is 9.59 Å². The van der Waals surface area contributed by atoms with Gasteiger partial charge in [-0.3, -0.25) is 9.59 Å². The minimum absolute atomic E-state index is 0.100. The van der Waals surface area contributed by atoms with Gasteiger partial charge in [0.25, 0.3) is 0 Å². The first-order valence-electron chi connectivity index (χ1n) is 7.76. The summed E-state index contributed by atoms with van der Waals surface area (Å²) in [7, 11) is 1.50. The van der Waals surface area contributed by atoms with Gasteiger partial charge >= 0.3 is 0 Å². The molecule has 0 unspecified atom stereocenters. The number of benzene rings is 2. The third kappa shape index (κ3) is 6.50. The molecule has 0 fully saturated rings. The minimum Gasteiger partial charge on any atom is -0.495 e. The molecule has 27 heavy (non-hydrogen) atoms. The van der Waals surface area contributed by atoms with Crippen molar-refractivity contribution in [1.82, 2.24) is 0 Å². The zero-order valence-electron chi connectivity index (χ0n) is 14.6. The van der Waals surface area contributed by atoms with E-state index in [4.69, 9.17) is 39.5 Å². The van der Waals surface area contributed by atoms with Gasteiger partial charge in [-0.1, -0.05) is 34.8 Å². The average molecular weight is 448 g/mol. The van der Waals surface area contributed by atoms with Gasteiger partial charge < -0.3 is 15.4 Å². The van der Waals surface area contributed by atoms with E-state index in [1.54, 1.807) is 30.3 Å². The van der Waals surface area contributed by atoms with Crippen LogP contribution in [0.15, 0.2) is 30.3 Å². The smallest absolute Gasteiger partial charge is 0.234 e. The average Bonchev–Trinajstić information content (AvgIpc) is 2.60. The lowest BCUT2D eigenvalue weighted by molar-refractivity contribution is -0.114. The van der Waals surface area contributed by atoms with Gasteiger partial charge in [-0.2, -0.15) is 0 Å². The Morgan fingerprint density at radius 1 is 0.963 bits per heavy atom. The Hall–Kier alpha value is -1.60. The van der Waals surface area contributed by atoms with Gasteiger partial charge in [0.15, 0.2) is 0 Å². The maximum Gasteiger partial charge on any atom is 0.234 e. The standard InChI is InChI=1S/C18H17Cl3N2O3S/c1-10-5-15(16(26-2)7-12(10)20)23-18(25)9-27-8-17(24)22-14-4-3-11(19)6-13(14)21/h3-7H,8-9H2,1-2H3,(H,22,24)(H,23,25). The molecule has 0 saturated heterocycles. The first-order chi connectivity index (χ1) is 12.8. The zero-order chi connectivity index (χ0) is 20.0. The van der Waals surface area contributed by atoms with Crippen molar-refractivity contribution in [1.29, 1.82) is 0 Å². The van der Waals surface area contributed by atoms with Gasteiger partial charge in [0, 0.05) is 16.1 Å². The molecule has 0 aliphatic heterocycles. The fourth-order valence-corrected chi connectivity index (χ4v) is 3.36. The second kappa shape index (κ2) is 10.1. The molecule has 0 atom stereocenters. The van der Waals surface area contributed by atoms with Gasteiger partial charge in [0.05, 0.1) is 35.0 Å². The SMILES string of the molecule is COc1cc(Cl)c(C)cc1NC(=O)CSCC(=O)Nc1ccc(Cl)cc1Cl. The van der Waals surface area contributed by atoms with Gasteiger partial charge in [-0.25, -0.2) is 0 Å². The molecule has 2 rings (SSSR count). The first kappa shape index (κ1) is 21.7. The Kier molecular flexibility index (Phi) is 8.10. The van der Waals surface area contributed by atoms with E-state index >= 15 is 0 Å². The number of halogens is 3. The van der Waals surface area contributed by atoms with Crippen LogP contribution in [-0.4, -0.2) is 30.4 Å². The monoisotopic (exact) mass is 446 g/mol. The van der Waals surface area contributed by atoms with Crippen molar-refractivity contribution < 1.29 is 14.3 Å². The van der Waals surface area contributed by atoms with E-state index in [2.05, 4.69) is 10.6 Å². The number of ether oxygens (including phenoxy) is 1. The summed E-state index contributed by atoms with van der Waals surface area (Å²) in [6.07, 6.45) is 0.